The zero-order chi connectivity index (χ0) is 27.4. The maximum Gasteiger partial charge on any atom is 0.280 e. The molecule has 1 saturated heterocycles. The summed E-state index contributed by atoms with van der Waals surface area (Å²) in [4.78, 5) is 30.5. The molecule has 2 atom stereocenters. The molecule has 10 heteroatoms. The van der Waals surface area contributed by atoms with Crippen LogP contribution in [0.25, 0.3) is 11.3 Å². The number of nitrogens with one attached hydrogen (secondary N) is 2. The zero-order valence-electron chi connectivity index (χ0n) is 21.2. The van der Waals surface area contributed by atoms with Gasteiger partial charge >= 0.3 is 0 Å². The Labute approximate surface area is 231 Å². The fraction of sp³-hybridized carbons (Fsp3) is 0.207. The van der Waals surface area contributed by atoms with Crippen LogP contribution >= 0.6 is 12.2 Å². The Kier molecular flexibility index (Phi) is 7.64. The van der Waals surface area contributed by atoms with Crippen molar-refractivity contribution < 1.29 is 14.1 Å². The number of aryl methyl sites for hydroxylation is 1. The Hall–Kier alpha value is -4.57. The van der Waals surface area contributed by atoms with E-state index in [2.05, 4.69) is 15.6 Å². The van der Waals surface area contributed by atoms with Crippen molar-refractivity contribution in [1.82, 2.24) is 15.2 Å². The quantitative estimate of drug-likeness (QED) is 0.155. The van der Waals surface area contributed by atoms with Gasteiger partial charge in [-0.2, -0.15) is 0 Å². The smallest absolute Gasteiger partial charge is 0.280 e. The Morgan fingerprint density at radius 2 is 1.87 bits per heavy atom. The molecule has 0 aliphatic carbocycles. The maximum atomic E-state index is 12.9. The van der Waals surface area contributed by atoms with Gasteiger partial charge in [0.15, 0.2) is 5.11 Å². The van der Waals surface area contributed by atoms with E-state index in [-0.39, 0.29) is 24.1 Å². The number of thiocarbonyl (C=S) groups is 1. The highest BCUT2D eigenvalue weighted by Crippen LogP contribution is 2.41. The number of anilines is 1. The fourth-order valence-electron chi connectivity index (χ4n) is 4.84. The molecule has 0 unspecified atom stereocenters. The summed E-state index contributed by atoms with van der Waals surface area (Å²) in [6.45, 7) is 2.38. The number of nitrogens with zero attached hydrogens (tertiary/aromatic N) is 3. The molecule has 2 aromatic carbocycles. The fourth-order valence-corrected chi connectivity index (χ4v) is 5.17. The van der Waals surface area contributed by atoms with Gasteiger partial charge in [0.05, 0.1) is 22.2 Å². The summed E-state index contributed by atoms with van der Waals surface area (Å²) in [5.74, 6) is 0.811. The van der Waals surface area contributed by atoms with Crippen LogP contribution < -0.4 is 10.6 Å². The van der Waals surface area contributed by atoms with Gasteiger partial charge in [-0.05, 0) is 60.6 Å². The number of nitro benzene ring substituents is 1. The van der Waals surface area contributed by atoms with Crippen molar-refractivity contribution in [1.29, 1.82) is 0 Å². The van der Waals surface area contributed by atoms with E-state index >= 15 is 0 Å². The van der Waals surface area contributed by atoms with Crippen LogP contribution in [0.5, 0.6) is 0 Å². The van der Waals surface area contributed by atoms with Gasteiger partial charge in [-0.25, -0.2) is 0 Å². The van der Waals surface area contributed by atoms with Gasteiger partial charge in [-0.3, -0.25) is 19.9 Å². The van der Waals surface area contributed by atoms with E-state index in [0.717, 1.165) is 23.4 Å². The highest BCUT2D eigenvalue weighted by molar-refractivity contribution is 7.80. The topological polar surface area (TPSA) is 114 Å². The van der Waals surface area contributed by atoms with E-state index in [4.69, 9.17) is 16.6 Å². The van der Waals surface area contributed by atoms with Gasteiger partial charge < -0.3 is 20.0 Å². The summed E-state index contributed by atoms with van der Waals surface area (Å²) in [6, 6.07) is 22.6. The molecule has 1 aliphatic heterocycles. The van der Waals surface area contributed by atoms with E-state index in [9.17, 15) is 14.9 Å². The molecule has 5 rings (SSSR count). The first kappa shape index (κ1) is 26.1. The predicted molar refractivity (Wildman–Crippen MR) is 152 cm³/mol. The van der Waals surface area contributed by atoms with Crippen LogP contribution in [0, 0.1) is 10.1 Å². The Bertz CT molecular complexity index is 1510. The van der Waals surface area contributed by atoms with Crippen molar-refractivity contribution in [3.05, 3.63) is 112 Å². The van der Waals surface area contributed by atoms with Gasteiger partial charge in [0.2, 0.25) is 5.91 Å². The summed E-state index contributed by atoms with van der Waals surface area (Å²) < 4.78 is 6.23. The van der Waals surface area contributed by atoms with E-state index < -0.39 is 11.0 Å². The number of pyridine rings is 1. The Morgan fingerprint density at radius 1 is 1.10 bits per heavy atom. The lowest BCUT2D eigenvalue weighted by atomic mass is 10.0. The number of para-hydroxylation sites is 2. The molecule has 4 aromatic rings. The largest absolute Gasteiger partial charge is 0.459 e. The predicted octanol–water partition coefficient (Wildman–Crippen LogP) is 5.81. The minimum absolute atomic E-state index is 0.0411. The number of benzene rings is 2. The molecule has 0 bridgehead atoms. The summed E-state index contributed by atoms with van der Waals surface area (Å²) in [7, 11) is 0. The number of nitro groups is 1. The average Bonchev–Trinajstić information content (AvgIpc) is 3.57. The highest BCUT2D eigenvalue weighted by atomic mass is 32.1. The number of carbonyl (C=O) groups excluding carboxylic acids is 1. The standard InChI is InChI=1S/C29H27N5O4S/c1-2-19-9-3-5-11-21(19)31-26(35)16-18-33-28(27(32-29(33)39)22-12-7-8-17-30-22)25-15-14-24(38-25)20-10-4-6-13-23(20)34(36)37/h3-15,17,27-28H,2,16,18H2,1H3,(H,31,35)(H,32,39)/t27-,28-/m0/s1. The third-order valence-electron chi connectivity index (χ3n) is 6.73. The van der Waals surface area contributed by atoms with Crippen LogP contribution in [0.1, 0.15) is 42.4 Å². The van der Waals surface area contributed by atoms with E-state index in [1.807, 2.05) is 54.3 Å². The van der Waals surface area contributed by atoms with Crippen molar-refractivity contribution >= 4 is 34.6 Å². The first-order valence-electron chi connectivity index (χ1n) is 12.7. The molecule has 0 spiro atoms. The second kappa shape index (κ2) is 11.4. The lowest BCUT2D eigenvalue weighted by Crippen LogP contribution is -2.32. The van der Waals surface area contributed by atoms with Crippen LogP contribution in [-0.4, -0.2) is 32.4 Å². The van der Waals surface area contributed by atoms with Crippen LogP contribution in [0.3, 0.4) is 0 Å². The second-order valence-corrected chi connectivity index (χ2v) is 9.49. The highest BCUT2D eigenvalue weighted by Gasteiger charge is 2.41. The second-order valence-electron chi connectivity index (χ2n) is 9.11. The van der Waals surface area contributed by atoms with Crippen molar-refractivity contribution in [2.45, 2.75) is 31.8 Å². The van der Waals surface area contributed by atoms with Crippen LogP contribution in [0.4, 0.5) is 11.4 Å². The number of furan rings is 1. The van der Waals surface area contributed by atoms with Gasteiger partial charge in [0.1, 0.15) is 17.6 Å². The molecule has 1 aliphatic rings. The number of rotatable bonds is 9. The lowest BCUT2D eigenvalue weighted by Gasteiger charge is -2.26. The molecule has 1 fully saturated rings. The minimum atomic E-state index is -0.428. The van der Waals surface area contributed by atoms with Crippen molar-refractivity contribution in [2.24, 2.45) is 0 Å². The number of aromatic nitrogens is 1. The molecule has 198 valence electrons. The zero-order valence-corrected chi connectivity index (χ0v) is 22.1. The summed E-state index contributed by atoms with van der Waals surface area (Å²) in [5, 5.41) is 18.4. The first-order chi connectivity index (χ1) is 19.0. The van der Waals surface area contributed by atoms with Gasteiger partial charge in [-0.1, -0.05) is 43.3 Å². The van der Waals surface area contributed by atoms with E-state index in [1.165, 1.54) is 6.07 Å². The van der Waals surface area contributed by atoms with E-state index in [1.54, 1.807) is 36.5 Å². The molecular formula is C29H27N5O4S. The SMILES string of the molecule is CCc1ccccc1NC(=O)CCN1C(=S)N[C@@H](c2ccccn2)[C@@H]1c1ccc(-c2ccccc2[N+](=O)[O-])o1. The van der Waals surface area contributed by atoms with Crippen molar-refractivity contribution in [3.8, 4) is 11.3 Å². The number of carbonyl (C=O) groups is 1. The maximum absolute atomic E-state index is 12.9. The van der Waals surface area contributed by atoms with Crippen LogP contribution in [0.2, 0.25) is 0 Å². The minimum Gasteiger partial charge on any atom is -0.459 e. The molecule has 0 saturated carbocycles. The third kappa shape index (κ3) is 5.51. The number of amides is 1. The number of hydrogen-bond acceptors (Lipinski definition) is 6. The van der Waals surface area contributed by atoms with E-state index in [0.29, 0.717) is 28.7 Å². The molecule has 2 aromatic heterocycles. The molecule has 39 heavy (non-hydrogen) atoms. The summed E-state index contributed by atoms with van der Waals surface area (Å²) in [6.07, 6.45) is 2.72. The molecule has 0 radical (unpaired) electrons. The van der Waals surface area contributed by atoms with Gasteiger partial charge in [-0.15, -0.1) is 0 Å². The third-order valence-corrected chi connectivity index (χ3v) is 7.09. The Balaban J connectivity index is 1.42. The average molecular weight is 542 g/mol. The lowest BCUT2D eigenvalue weighted by molar-refractivity contribution is -0.384. The summed E-state index contributed by atoms with van der Waals surface area (Å²) >= 11 is 5.70. The van der Waals surface area contributed by atoms with Crippen LogP contribution in [-0.2, 0) is 11.2 Å². The van der Waals surface area contributed by atoms with Crippen molar-refractivity contribution in [2.75, 3.05) is 11.9 Å². The molecule has 2 N–H and O–H groups in total. The first-order valence-corrected chi connectivity index (χ1v) is 13.1. The molecular weight excluding hydrogens is 514 g/mol. The monoisotopic (exact) mass is 541 g/mol. The van der Waals surface area contributed by atoms with Crippen molar-refractivity contribution in [3.63, 3.8) is 0 Å². The summed E-state index contributed by atoms with van der Waals surface area (Å²) in [5.41, 5.74) is 2.97. The molecule has 9 nitrogen and oxygen atoms in total. The number of hydrogen-bond donors (Lipinski definition) is 2. The van der Waals surface area contributed by atoms with Gasteiger partial charge in [0, 0.05) is 30.9 Å². The Morgan fingerprint density at radius 3 is 2.64 bits per heavy atom. The molecule has 3 heterocycles. The van der Waals surface area contributed by atoms with Gasteiger partial charge in [0.25, 0.3) is 5.69 Å². The molecule has 1 amide bonds. The normalized spacial score (nSPS) is 16.6. The van der Waals surface area contributed by atoms with Crippen LogP contribution in [0.15, 0.2) is 89.5 Å².